The molecule has 1 aromatic rings. The first-order chi connectivity index (χ1) is 8.31. The molecule has 2 rings (SSSR count). The van der Waals surface area contributed by atoms with Crippen LogP contribution in [-0.2, 0) is 12.8 Å². The van der Waals surface area contributed by atoms with Crippen molar-refractivity contribution in [3.63, 3.8) is 0 Å². The highest BCUT2D eigenvalue weighted by Crippen LogP contribution is 2.30. The van der Waals surface area contributed by atoms with E-state index in [-0.39, 0.29) is 5.38 Å². The van der Waals surface area contributed by atoms with Crippen LogP contribution in [0.15, 0.2) is 18.2 Å². The SMILES string of the molecule is CCCCCC(Cl)c1ccc2c(c1)CCCC2. The van der Waals surface area contributed by atoms with E-state index >= 15 is 0 Å². The Labute approximate surface area is 110 Å². The Hall–Kier alpha value is -0.490. The normalized spacial score (nSPS) is 16.6. The monoisotopic (exact) mass is 250 g/mol. The maximum Gasteiger partial charge on any atom is 0.0585 e. The summed E-state index contributed by atoms with van der Waals surface area (Å²) >= 11 is 6.48. The summed E-state index contributed by atoms with van der Waals surface area (Å²) in [7, 11) is 0. The van der Waals surface area contributed by atoms with Gasteiger partial charge in [-0.3, -0.25) is 0 Å². The average Bonchev–Trinajstić information content (AvgIpc) is 2.38. The minimum atomic E-state index is 0.216. The van der Waals surface area contributed by atoms with Gasteiger partial charge >= 0.3 is 0 Å². The number of benzene rings is 1. The third-order valence-electron chi connectivity index (χ3n) is 3.80. The lowest BCUT2D eigenvalue weighted by molar-refractivity contribution is 0.651. The molecule has 0 aliphatic heterocycles. The van der Waals surface area contributed by atoms with Crippen molar-refractivity contribution in [2.45, 2.75) is 63.7 Å². The zero-order valence-electron chi connectivity index (χ0n) is 10.8. The number of halogens is 1. The van der Waals surface area contributed by atoms with E-state index in [1.807, 2.05) is 0 Å². The molecule has 0 spiro atoms. The van der Waals surface area contributed by atoms with E-state index in [9.17, 15) is 0 Å². The fourth-order valence-electron chi connectivity index (χ4n) is 2.69. The Kier molecular flexibility index (Phi) is 4.91. The molecule has 0 bridgehead atoms. The van der Waals surface area contributed by atoms with Gasteiger partial charge in [0.25, 0.3) is 0 Å². The van der Waals surface area contributed by atoms with Crippen LogP contribution in [0, 0.1) is 0 Å². The van der Waals surface area contributed by atoms with Gasteiger partial charge in [0.05, 0.1) is 5.38 Å². The lowest BCUT2D eigenvalue weighted by Gasteiger charge is -2.18. The summed E-state index contributed by atoms with van der Waals surface area (Å²) < 4.78 is 0. The quantitative estimate of drug-likeness (QED) is 0.483. The summed E-state index contributed by atoms with van der Waals surface area (Å²) in [5, 5.41) is 0.216. The number of rotatable bonds is 5. The molecule has 0 saturated heterocycles. The molecule has 1 aromatic carbocycles. The molecule has 0 nitrogen and oxygen atoms in total. The van der Waals surface area contributed by atoms with Gasteiger partial charge < -0.3 is 0 Å². The number of hydrogen-bond donors (Lipinski definition) is 0. The van der Waals surface area contributed by atoms with Crippen molar-refractivity contribution in [1.29, 1.82) is 0 Å². The lowest BCUT2D eigenvalue weighted by atomic mass is 9.89. The average molecular weight is 251 g/mol. The van der Waals surface area contributed by atoms with E-state index in [2.05, 4.69) is 25.1 Å². The van der Waals surface area contributed by atoms with E-state index in [4.69, 9.17) is 11.6 Å². The third-order valence-corrected chi connectivity index (χ3v) is 4.27. The first-order valence-electron chi connectivity index (χ1n) is 7.07. The van der Waals surface area contributed by atoms with Crippen LogP contribution < -0.4 is 0 Å². The fraction of sp³-hybridized carbons (Fsp3) is 0.625. The van der Waals surface area contributed by atoms with Crippen LogP contribution in [0.1, 0.15) is 67.5 Å². The summed E-state index contributed by atoms with van der Waals surface area (Å²) in [6, 6.07) is 6.91. The van der Waals surface area contributed by atoms with E-state index in [0.29, 0.717) is 0 Å². The van der Waals surface area contributed by atoms with Crippen molar-refractivity contribution < 1.29 is 0 Å². The molecule has 0 saturated carbocycles. The van der Waals surface area contributed by atoms with Gasteiger partial charge in [-0.1, -0.05) is 44.4 Å². The molecule has 1 atom stereocenters. The second-order valence-electron chi connectivity index (χ2n) is 5.20. The Morgan fingerprint density at radius 1 is 1.12 bits per heavy atom. The Balaban J connectivity index is 2.00. The summed E-state index contributed by atoms with van der Waals surface area (Å²) in [5.41, 5.74) is 4.44. The van der Waals surface area contributed by atoms with Gasteiger partial charge in [-0.15, -0.1) is 11.6 Å². The lowest BCUT2D eigenvalue weighted by Crippen LogP contribution is -2.04. The smallest absolute Gasteiger partial charge is 0.0585 e. The molecule has 17 heavy (non-hydrogen) atoms. The molecule has 1 aliphatic carbocycles. The van der Waals surface area contributed by atoms with Crippen molar-refractivity contribution in [2.24, 2.45) is 0 Å². The van der Waals surface area contributed by atoms with Gasteiger partial charge in [-0.25, -0.2) is 0 Å². The molecule has 0 heterocycles. The number of unbranched alkanes of at least 4 members (excludes halogenated alkanes) is 2. The Morgan fingerprint density at radius 2 is 1.88 bits per heavy atom. The minimum absolute atomic E-state index is 0.216. The largest absolute Gasteiger partial charge is 0.118 e. The van der Waals surface area contributed by atoms with Crippen LogP contribution in [0.3, 0.4) is 0 Å². The molecule has 0 aromatic heterocycles. The van der Waals surface area contributed by atoms with Crippen molar-refractivity contribution in [3.8, 4) is 0 Å². The highest BCUT2D eigenvalue weighted by Gasteiger charge is 2.13. The van der Waals surface area contributed by atoms with Crippen molar-refractivity contribution in [2.75, 3.05) is 0 Å². The van der Waals surface area contributed by atoms with Crippen LogP contribution in [0.2, 0.25) is 0 Å². The van der Waals surface area contributed by atoms with E-state index in [1.54, 1.807) is 11.1 Å². The highest BCUT2D eigenvalue weighted by molar-refractivity contribution is 6.20. The van der Waals surface area contributed by atoms with Crippen molar-refractivity contribution in [3.05, 3.63) is 34.9 Å². The summed E-state index contributed by atoms with van der Waals surface area (Å²) in [6.45, 7) is 2.24. The van der Waals surface area contributed by atoms with Gasteiger partial charge in [0.1, 0.15) is 0 Å². The van der Waals surface area contributed by atoms with Crippen molar-refractivity contribution in [1.82, 2.24) is 0 Å². The van der Waals surface area contributed by atoms with E-state index in [1.165, 1.54) is 50.5 Å². The molecule has 94 valence electrons. The van der Waals surface area contributed by atoms with E-state index < -0.39 is 0 Å². The molecule has 0 amide bonds. The predicted molar refractivity (Wildman–Crippen MR) is 75.8 cm³/mol. The molecular formula is C16H23Cl. The topological polar surface area (TPSA) is 0 Å². The molecule has 1 aliphatic rings. The molecule has 0 radical (unpaired) electrons. The molecule has 1 unspecified atom stereocenters. The van der Waals surface area contributed by atoms with Crippen LogP contribution in [0.25, 0.3) is 0 Å². The van der Waals surface area contributed by atoms with Gasteiger partial charge in [-0.2, -0.15) is 0 Å². The van der Waals surface area contributed by atoms with Crippen LogP contribution in [0.5, 0.6) is 0 Å². The van der Waals surface area contributed by atoms with Crippen LogP contribution in [0.4, 0.5) is 0 Å². The highest BCUT2D eigenvalue weighted by atomic mass is 35.5. The summed E-state index contributed by atoms with van der Waals surface area (Å²) in [4.78, 5) is 0. The van der Waals surface area contributed by atoms with Gasteiger partial charge in [0.15, 0.2) is 0 Å². The maximum absolute atomic E-state index is 6.48. The van der Waals surface area contributed by atoms with Crippen LogP contribution >= 0.6 is 11.6 Å². The minimum Gasteiger partial charge on any atom is -0.118 e. The van der Waals surface area contributed by atoms with Gasteiger partial charge in [-0.05, 0) is 48.8 Å². The number of hydrogen-bond acceptors (Lipinski definition) is 0. The van der Waals surface area contributed by atoms with Crippen molar-refractivity contribution >= 4 is 11.6 Å². The Morgan fingerprint density at radius 3 is 2.65 bits per heavy atom. The maximum atomic E-state index is 6.48. The third kappa shape index (κ3) is 3.48. The molecular weight excluding hydrogens is 228 g/mol. The standard InChI is InChI=1S/C16H23Cl/c1-2-3-4-9-16(17)15-11-10-13-7-5-6-8-14(13)12-15/h10-12,16H,2-9H2,1H3. The van der Waals surface area contributed by atoms with Gasteiger partial charge in [0.2, 0.25) is 0 Å². The number of alkyl halides is 1. The van der Waals surface area contributed by atoms with Crippen LogP contribution in [-0.4, -0.2) is 0 Å². The second-order valence-corrected chi connectivity index (χ2v) is 5.73. The number of aryl methyl sites for hydroxylation is 2. The van der Waals surface area contributed by atoms with Gasteiger partial charge in [0, 0.05) is 0 Å². The summed E-state index contributed by atoms with van der Waals surface area (Å²) in [5.74, 6) is 0. The first-order valence-corrected chi connectivity index (χ1v) is 7.50. The molecule has 0 N–H and O–H groups in total. The zero-order chi connectivity index (χ0) is 12.1. The summed E-state index contributed by atoms with van der Waals surface area (Å²) in [6.07, 6.45) is 10.2. The fourth-order valence-corrected chi connectivity index (χ4v) is 2.98. The van der Waals surface area contributed by atoms with E-state index in [0.717, 1.165) is 6.42 Å². The second kappa shape index (κ2) is 6.44. The predicted octanol–water partition coefficient (Wildman–Crippen LogP) is 5.43. The molecule has 1 heteroatoms. The molecule has 0 fully saturated rings. The first kappa shape index (κ1) is 13.0. The Bertz CT molecular complexity index is 357. The number of fused-ring (bicyclic) bond motifs is 1. The zero-order valence-corrected chi connectivity index (χ0v) is 11.6.